The maximum atomic E-state index is 11.0. The molecule has 1 heterocycles. The normalized spacial score (nSPS) is 10.9. The highest BCUT2D eigenvalue weighted by molar-refractivity contribution is 6.46. The summed E-state index contributed by atoms with van der Waals surface area (Å²) in [5.41, 5.74) is 2.22. The number of nitrogens with zero attached hydrogens (tertiary/aromatic N) is 2. The average Bonchev–Trinajstić information content (AvgIpc) is 2.48. The van der Waals surface area contributed by atoms with E-state index in [9.17, 15) is 15.0 Å². The van der Waals surface area contributed by atoms with Crippen LogP contribution in [-0.2, 0) is 0 Å². The van der Waals surface area contributed by atoms with Crippen molar-refractivity contribution in [3.05, 3.63) is 44.7 Å². The lowest BCUT2D eigenvalue weighted by Crippen LogP contribution is -2.05. The summed E-state index contributed by atoms with van der Waals surface area (Å²) >= 11 is 17.6. The van der Waals surface area contributed by atoms with Gasteiger partial charge < -0.3 is 15.3 Å². The Labute approximate surface area is 144 Å². The zero-order valence-corrected chi connectivity index (χ0v) is 13.4. The molecule has 4 N–H and O–H groups in total. The first-order valence-corrected chi connectivity index (χ1v) is 7.03. The standard InChI is InChI=1S/C13H8Cl3N3O4/c14-8-10(9(15)12(16)18-11(8)13(22)23)19-17-4-5-1-2-6(20)3-7(5)21/h1-4,20-21H,(H,18,19)(H,22,23)/b17-4+. The fourth-order valence-corrected chi connectivity index (χ4v) is 2.23. The number of carboxylic acids is 1. The topological polar surface area (TPSA) is 115 Å². The van der Waals surface area contributed by atoms with Crippen molar-refractivity contribution in [1.29, 1.82) is 0 Å². The number of aromatic carboxylic acids is 1. The first kappa shape index (κ1) is 17.1. The third kappa shape index (κ3) is 3.76. The van der Waals surface area contributed by atoms with Crippen LogP contribution in [0, 0.1) is 0 Å². The number of aromatic hydroxyl groups is 2. The number of phenols is 2. The van der Waals surface area contributed by atoms with Gasteiger partial charge in [0, 0.05) is 11.6 Å². The number of rotatable bonds is 4. The first-order chi connectivity index (χ1) is 10.8. The number of carbonyl (C=O) groups is 1. The highest BCUT2D eigenvalue weighted by Crippen LogP contribution is 2.36. The van der Waals surface area contributed by atoms with Crippen LogP contribution < -0.4 is 5.43 Å². The summed E-state index contributed by atoms with van der Waals surface area (Å²) in [6.07, 6.45) is 1.22. The van der Waals surface area contributed by atoms with Crippen molar-refractivity contribution < 1.29 is 20.1 Å². The SMILES string of the molecule is O=C(O)c1nc(Cl)c(Cl)c(N/N=C/c2ccc(O)cc2O)c1Cl. The highest BCUT2D eigenvalue weighted by Gasteiger charge is 2.20. The molecule has 10 heteroatoms. The van der Waals surface area contributed by atoms with Crippen LogP contribution in [0.5, 0.6) is 11.5 Å². The van der Waals surface area contributed by atoms with Crippen LogP contribution in [-0.4, -0.2) is 32.5 Å². The molecule has 1 aromatic heterocycles. The summed E-state index contributed by atoms with van der Waals surface area (Å²) in [7, 11) is 0. The summed E-state index contributed by atoms with van der Waals surface area (Å²) in [4.78, 5) is 14.6. The molecule has 0 saturated carbocycles. The minimum atomic E-state index is -1.38. The van der Waals surface area contributed by atoms with E-state index in [-0.39, 0.29) is 32.4 Å². The van der Waals surface area contributed by atoms with Crippen LogP contribution >= 0.6 is 34.8 Å². The molecule has 0 spiro atoms. The van der Waals surface area contributed by atoms with Crippen molar-refractivity contribution >= 4 is 52.7 Å². The van der Waals surface area contributed by atoms with Gasteiger partial charge in [0.15, 0.2) is 10.8 Å². The number of benzene rings is 1. The predicted octanol–water partition coefficient (Wildman–Crippen LogP) is 3.60. The van der Waals surface area contributed by atoms with Gasteiger partial charge in [-0.2, -0.15) is 5.10 Å². The molecule has 23 heavy (non-hydrogen) atoms. The Morgan fingerprint density at radius 2 is 1.91 bits per heavy atom. The molecule has 2 aromatic rings. The number of aromatic nitrogens is 1. The predicted molar refractivity (Wildman–Crippen MR) is 87.2 cm³/mol. The average molecular weight is 377 g/mol. The number of pyridine rings is 1. The van der Waals surface area contributed by atoms with Crippen LogP contribution in [0.4, 0.5) is 5.69 Å². The maximum absolute atomic E-state index is 11.0. The Kier molecular flexibility index (Phi) is 5.15. The number of hydrogen-bond acceptors (Lipinski definition) is 6. The van der Waals surface area contributed by atoms with E-state index in [0.717, 1.165) is 6.07 Å². The van der Waals surface area contributed by atoms with Crippen molar-refractivity contribution in [3.63, 3.8) is 0 Å². The maximum Gasteiger partial charge on any atom is 0.356 e. The summed E-state index contributed by atoms with van der Waals surface area (Å²) < 4.78 is 0. The lowest BCUT2D eigenvalue weighted by atomic mass is 10.2. The Morgan fingerprint density at radius 1 is 1.22 bits per heavy atom. The molecule has 1 aromatic carbocycles. The van der Waals surface area contributed by atoms with E-state index in [1.165, 1.54) is 18.3 Å². The second kappa shape index (κ2) is 6.91. The number of carboxylic acid groups (broad SMARTS) is 1. The van der Waals surface area contributed by atoms with Crippen molar-refractivity contribution in [1.82, 2.24) is 4.98 Å². The van der Waals surface area contributed by atoms with Gasteiger partial charge in [-0.25, -0.2) is 9.78 Å². The van der Waals surface area contributed by atoms with Gasteiger partial charge in [0.25, 0.3) is 0 Å². The lowest BCUT2D eigenvalue weighted by molar-refractivity contribution is 0.0691. The van der Waals surface area contributed by atoms with Crippen molar-refractivity contribution in [2.24, 2.45) is 5.10 Å². The molecule has 120 valence electrons. The Bertz CT molecular complexity index is 812. The molecule has 0 saturated heterocycles. The minimum Gasteiger partial charge on any atom is -0.508 e. The zero-order valence-electron chi connectivity index (χ0n) is 11.1. The van der Waals surface area contributed by atoms with Gasteiger partial charge in [-0.15, -0.1) is 0 Å². The summed E-state index contributed by atoms with van der Waals surface area (Å²) in [5.74, 6) is -1.69. The molecular weight excluding hydrogens is 369 g/mol. The molecular formula is C13H8Cl3N3O4. The third-order valence-corrected chi connectivity index (χ3v) is 3.74. The van der Waals surface area contributed by atoms with Gasteiger partial charge in [-0.05, 0) is 12.1 Å². The molecule has 0 aliphatic rings. The fourth-order valence-electron chi connectivity index (χ4n) is 1.56. The first-order valence-electron chi connectivity index (χ1n) is 5.90. The van der Waals surface area contributed by atoms with Gasteiger partial charge in [0.2, 0.25) is 0 Å². The van der Waals surface area contributed by atoms with E-state index in [1.807, 2.05) is 0 Å². The summed E-state index contributed by atoms with van der Waals surface area (Å²) in [6.45, 7) is 0. The molecule has 0 radical (unpaired) electrons. The van der Waals surface area contributed by atoms with E-state index >= 15 is 0 Å². The van der Waals surface area contributed by atoms with E-state index in [2.05, 4.69) is 15.5 Å². The van der Waals surface area contributed by atoms with E-state index in [1.54, 1.807) is 0 Å². The lowest BCUT2D eigenvalue weighted by Gasteiger charge is -2.09. The number of nitrogens with one attached hydrogen (secondary N) is 1. The zero-order chi connectivity index (χ0) is 17.1. The van der Waals surface area contributed by atoms with Crippen LogP contribution in [0.2, 0.25) is 15.2 Å². The summed E-state index contributed by atoms with van der Waals surface area (Å²) in [6, 6.07) is 3.90. The van der Waals surface area contributed by atoms with Gasteiger partial charge >= 0.3 is 5.97 Å². The highest BCUT2D eigenvalue weighted by atomic mass is 35.5. The number of anilines is 1. The smallest absolute Gasteiger partial charge is 0.356 e. The number of phenolic OH excluding ortho intramolecular Hbond substituents is 2. The van der Waals surface area contributed by atoms with Crippen molar-refractivity contribution in [3.8, 4) is 11.5 Å². The summed E-state index contributed by atoms with van der Waals surface area (Å²) in [5, 5.41) is 31.0. The molecule has 0 bridgehead atoms. The van der Waals surface area contributed by atoms with Gasteiger partial charge in [0.05, 0.1) is 11.9 Å². The van der Waals surface area contributed by atoms with E-state index in [0.29, 0.717) is 5.56 Å². The Balaban J connectivity index is 2.33. The molecule has 0 aliphatic carbocycles. The molecule has 0 unspecified atom stereocenters. The van der Waals surface area contributed by atoms with Gasteiger partial charge in [-0.3, -0.25) is 5.43 Å². The van der Waals surface area contributed by atoms with Gasteiger partial charge in [0.1, 0.15) is 21.5 Å². The minimum absolute atomic E-state index is 0.0414. The Morgan fingerprint density at radius 3 is 2.52 bits per heavy atom. The molecule has 0 aliphatic heterocycles. The van der Waals surface area contributed by atoms with Gasteiger partial charge in [-0.1, -0.05) is 34.8 Å². The number of hydrazone groups is 1. The van der Waals surface area contributed by atoms with Crippen LogP contribution in [0.3, 0.4) is 0 Å². The molecule has 0 amide bonds. The quantitative estimate of drug-likeness (QED) is 0.368. The monoisotopic (exact) mass is 375 g/mol. The molecule has 0 fully saturated rings. The largest absolute Gasteiger partial charge is 0.508 e. The number of hydrogen-bond donors (Lipinski definition) is 4. The van der Waals surface area contributed by atoms with Crippen LogP contribution in [0.25, 0.3) is 0 Å². The molecule has 7 nitrogen and oxygen atoms in total. The number of halogens is 3. The van der Waals surface area contributed by atoms with E-state index in [4.69, 9.17) is 39.9 Å². The Hall–Kier alpha value is -2.22. The third-order valence-electron chi connectivity index (χ3n) is 2.63. The second-order valence-electron chi connectivity index (χ2n) is 4.17. The van der Waals surface area contributed by atoms with Crippen LogP contribution in [0.15, 0.2) is 23.3 Å². The van der Waals surface area contributed by atoms with Crippen molar-refractivity contribution in [2.45, 2.75) is 0 Å². The van der Waals surface area contributed by atoms with E-state index < -0.39 is 11.7 Å². The van der Waals surface area contributed by atoms with Crippen molar-refractivity contribution in [2.75, 3.05) is 5.43 Å². The second-order valence-corrected chi connectivity index (χ2v) is 5.29. The molecule has 2 rings (SSSR count). The van der Waals surface area contributed by atoms with Crippen LogP contribution in [0.1, 0.15) is 16.1 Å². The molecule has 0 atom stereocenters. The fraction of sp³-hybridized carbons (Fsp3) is 0.